The highest BCUT2D eigenvalue weighted by Gasteiger charge is 2.63. The van der Waals surface area contributed by atoms with Gasteiger partial charge in [-0.2, -0.15) is 0 Å². The van der Waals surface area contributed by atoms with Crippen molar-refractivity contribution in [2.75, 3.05) is 27.9 Å². The predicted molar refractivity (Wildman–Crippen MR) is 239 cm³/mol. The van der Waals surface area contributed by atoms with Crippen LogP contribution in [0.1, 0.15) is 124 Å². The monoisotopic (exact) mass is 893 g/mol. The van der Waals surface area contributed by atoms with E-state index in [1.807, 2.05) is 49.4 Å². The van der Waals surface area contributed by atoms with Gasteiger partial charge in [0, 0.05) is 43.3 Å². The lowest BCUT2D eigenvalue weighted by molar-refractivity contribution is -0.339. The molecule has 0 aromatic heterocycles. The van der Waals surface area contributed by atoms with E-state index >= 15 is 0 Å². The summed E-state index contributed by atoms with van der Waals surface area (Å²) in [5, 5.41) is 0. The number of rotatable bonds is 14. The molecule has 18 atom stereocenters. The molecule has 0 unspecified atom stereocenters. The molecule has 0 radical (unpaired) electrons. The Kier molecular flexibility index (Phi) is 14.3. The van der Waals surface area contributed by atoms with Crippen molar-refractivity contribution in [1.29, 1.82) is 0 Å². The lowest BCUT2D eigenvalue weighted by atomic mass is 9.78. The smallest absolute Gasteiger partial charge is 0.311 e. The Morgan fingerprint density at radius 3 is 2.31 bits per heavy atom. The number of benzene rings is 2. The van der Waals surface area contributed by atoms with Gasteiger partial charge in [-0.3, -0.25) is 4.79 Å². The summed E-state index contributed by atoms with van der Waals surface area (Å²) in [6.45, 7) is 18.2. The molecule has 0 aliphatic carbocycles. The minimum Gasteiger partial charge on any atom is -0.497 e. The summed E-state index contributed by atoms with van der Waals surface area (Å²) in [6, 6.07) is 18.1. The first kappa shape index (κ1) is 47.8. The lowest BCUT2D eigenvalue weighted by Crippen LogP contribution is -2.57. The van der Waals surface area contributed by atoms with Crippen LogP contribution >= 0.6 is 0 Å². The van der Waals surface area contributed by atoms with E-state index in [4.69, 9.17) is 52.1 Å². The highest BCUT2D eigenvalue weighted by Crippen LogP contribution is 2.56. The van der Waals surface area contributed by atoms with E-state index in [1.54, 1.807) is 14.2 Å². The van der Waals surface area contributed by atoms with Crippen molar-refractivity contribution in [3.05, 3.63) is 65.7 Å². The maximum Gasteiger partial charge on any atom is 0.311 e. The van der Waals surface area contributed by atoms with E-state index < -0.39 is 41.1 Å². The summed E-state index contributed by atoms with van der Waals surface area (Å²) in [7, 11) is 4.74. The van der Waals surface area contributed by atoms with Crippen LogP contribution in [0.5, 0.6) is 5.75 Å². The quantitative estimate of drug-likeness (QED) is 0.168. The second kappa shape index (κ2) is 19.2. The summed E-state index contributed by atoms with van der Waals surface area (Å²) in [5.74, 6) is -1.19. The van der Waals surface area contributed by atoms with Gasteiger partial charge in [-0.1, -0.05) is 84.0 Å². The van der Waals surface area contributed by atoms with E-state index in [1.165, 1.54) is 7.11 Å². The zero-order valence-corrected chi connectivity index (χ0v) is 40.2. The molecule has 8 rings (SSSR count). The second-order valence-electron chi connectivity index (χ2n) is 20.6. The van der Waals surface area contributed by atoms with Gasteiger partial charge in [0.15, 0.2) is 17.9 Å². The van der Waals surface area contributed by atoms with Gasteiger partial charge in [0.05, 0.1) is 80.7 Å². The van der Waals surface area contributed by atoms with Crippen molar-refractivity contribution in [2.45, 2.75) is 185 Å². The third-order valence-corrected chi connectivity index (χ3v) is 16.4. The van der Waals surface area contributed by atoms with E-state index in [9.17, 15) is 4.79 Å². The Hall–Kier alpha value is -2.65. The molecule has 12 nitrogen and oxygen atoms in total. The topological polar surface area (TPSA) is 119 Å². The number of ether oxygens (including phenoxy) is 11. The zero-order chi connectivity index (χ0) is 45.6. The fraction of sp³-hybridized carbons (Fsp3) is 0.750. The normalized spacial score (nSPS) is 42.5. The zero-order valence-electron chi connectivity index (χ0n) is 40.2. The van der Waals surface area contributed by atoms with E-state index in [-0.39, 0.29) is 72.2 Å². The molecule has 356 valence electrons. The van der Waals surface area contributed by atoms with Crippen LogP contribution in [0.25, 0.3) is 0 Å². The van der Waals surface area contributed by atoms with Crippen LogP contribution in [0.2, 0.25) is 0 Å². The Morgan fingerprint density at radius 2 is 1.62 bits per heavy atom. The molecule has 64 heavy (non-hydrogen) atoms. The van der Waals surface area contributed by atoms with Crippen LogP contribution in [0.3, 0.4) is 0 Å². The molecule has 6 fully saturated rings. The van der Waals surface area contributed by atoms with Crippen molar-refractivity contribution in [3.63, 3.8) is 0 Å². The number of hydrogen-bond acceptors (Lipinski definition) is 12. The Morgan fingerprint density at radius 1 is 0.875 bits per heavy atom. The predicted octanol–water partition coefficient (Wildman–Crippen LogP) is 9.36. The van der Waals surface area contributed by atoms with Crippen molar-refractivity contribution in [1.82, 2.24) is 0 Å². The average Bonchev–Trinajstić information content (AvgIpc) is 4.11. The third-order valence-electron chi connectivity index (χ3n) is 16.4. The highest BCUT2D eigenvalue weighted by molar-refractivity contribution is 5.72. The standard InChI is InChI=1S/C52H76O12/c1-12-50(46-32(3)27-40(59-46)43-31(2)26-33(4)52(62-43)30-58-48(63-52)38-18-20-39(54-9)21-19-38)23-22-42(60-50)49(8)24-25-51(64-49)28-41(57-29-37-16-14-13-15-17-37)34(5)45(61-51)35(6)44(55-10)36(7)47(53)56-11/h13-21,31-36,40-46,48H,12,22-30H2,1-11H3/t31-,32-,33+,34+,35-,36-,40-,41-,42+,43-,44+,45-,46+,48-,49+,50-,51+,52+/m0/s1. The summed E-state index contributed by atoms with van der Waals surface area (Å²) in [4.78, 5) is 12.8. The molecule has 0 bridgehead atoms. The fourth-order valence-corrected chi connectivity index (χ4v) is 12.5. The van der Waals surface area contributed by atoms with Crippen molar-refractivity contribution < 1.29 is 56.9 Å². The average molecular weight is 893 g/mol. The number of esters is 1. The molecule has 12 heteroatoms. The SMILES string of the molecule is CC[C@@]1([C@@H]2O[C@H]([C@H]3O[C@@]4(CO[C@H](c5ccc(OC)cc5)O4)[C@H](C)C[C@@H]3C)C[C@@H]2C)CC[C@H]([C@@]2(C)CC[C@]3(C[C@H](OCc4ccccc4)[C@@H](C)[C@@H]([C@@H](C)[C@@H](OC)[C@H](C)C(=O)OC)O3)O2)O1. The van der Waals surface area contributed by atoms with Crippen LogP contribution in [0.4, 0.5) is 0 Å². The van der Waals surface area contributed by atoms with Gasteiger partial charge in [0.2, 0.25) is 0 Å². The van der Waals surface area contributed by atoms with Crippen molar-refractivity contribution >= 4 is 5.97 Å². The molecular formula is C52H76O12. The van der Waals surface area contributed by atoms with Gasteiger partial charge in [-0.05, 0) is 81.9 Å². The van der Waals surface area contributed by atoms with E-state index in [2.05, 4.69) is 60.6 Å². The largest absolute Gasteiger partial charge is 0.497 e. The van der Waals surface area contributed by atoms with Crippen LogP contribution in [-0.4, -0.2) is 99.4 Å². The molecule has 2 aromatic carbocycles. The Labute approximate surface area is 381 Å². The maximum atomic E-state index is 12.8. The summed E-state index contributed by atoms with van der Waals surface area (Å²) in [6.07, 6.45) is 4.59. The van der Waals surface area contributed by atoms with Crippen LogP contribution in [-0.2, 0) is 58.8 Å². The summed E-state index contributed by atoms with van der Waals surface area (Å²) >= 11 is 0. The molecule has 0 N–H and O–H groups in total. The molecule has 0 saturated carbocycles. The summed E-state index contributed by atoms with van der Waals surface area (Å²) < 4.78 is 72.5. The molecule has 6 saturated heterocycles. The maximum absolute atomic E-state index is 12.8. The van der Waals surface area contributed by atoms with Gasteiger partial charge in [0.1, 0.15) is 12.4 Å². The number of carbonyl (C=O) groups excluding carboxylic acids is 1. The number of carbonyl (C=O) groups is 1. The van der Waals surface area contributed by atoms with Gasteiger partial charge >= 0.3 is 5.97 Å². The second-order valence-corrected chi connectivity index (χ2v) is 20.6. The Balaban J connectivity index is 0.963. The van der Waals surface area contributed by atoms with Crippen LogP contribution in [0.15, 0.2) is 54.6 Å². The van der Waals surface area contributed by atoms with E-state index in [0.717, 1.165) is 55.4 Å². The molecule has 2 spiro atoms. The number of methoxy groups -OCH3 is 3. The first-order valence-corrected chi connectivity index (χ1v) is 24.2. The molecule has 6 heterocycles. The lowest BCUT2D eigenvalue weighted by Gasteiger charge is -2.50. The summed E-state index contributed by atoms with van der Waals surface area (Å²) in [5.41, 5.74) is 0.995. The van der Waals surface area contributed by atoms with Crippen molar-refractivity contribution in [3.8, 4) is 5.75 Å². The van der Waals surface area contributed by atoms with E-state index in [0.29, 0.717) is 26.1 Å². The third kappa shape index (κ3) is 9.06. The molecule has 6 aliphatic rings. The Bertz CT molecular complexity index is 1860. The minimum absolute atomic E-state index is 0.00309. The van der Waals surface area contributed by atoms with Gasteiger partial charge in [-0.15, -0.1) is 0 Å². The molecule has 0 amide bonds. The van der Waals surface area contributed by atoms with Gasteiger partial charge in [0.25, 0.3) is 0 Å². The van der Waals surface area contributed by atoms with Gasteiger partial charge < -0.3 is 52.1 Å². The first-order valence-electron chi connectivity index (χ1n) is 24.2. The van der Waals surface area contributed by atoms with Crippen LogP contribution in [0, 0.1) is 35.5 Å². The highest BCUT2D eigenvalue weighted by atomic mass is 16.8. The number of hydrogen-bond donors (Lipinski definition) is 0. The molecule has 6 aliphatic heterocycles. The minimum atomic E-state index is -0.892. The molecular weight excluding hydrogens is 817 g/mol. The fourth-order valence-electron chi connectivity index (χ4n) is 12.5. The van der Waals surface area contributed by atoms with Crippen molar-refractivity contribution in [2.24, 2.45) is 35.5 Å². The first-order chi connectivity index (χ1) is 30.6. The van der Waals surface area contributed by atoms with Crippen LogP contribution < -0.4 is 4.74 Å². The molecule has 2 aromatic rings. The van der Waals surface area contributed by atoms with Gasteiger partial charge in [-0.25, -0.2) is 0 Å².